The molecule has 0 fully saturated rings. The van der Waals surface area contributed by atoms with Crippen molar-refractivity contribution in [1.82, 2.24) is 0 Å². The van der Waals surface area contributed by atoms with Gasteiger partial charge in [-0.05, 0) is 41.5 Å². The molecular weight excluding hydrogens is 258 g/mol. The summed E-state index contributed by atoms with van der Waals surface area (Å²) in [5.74, 6) is -0.836. The molecular formula is C15H17NO4. The van der Waals surface area contributed by atoms with Crippen molar-refractivity contribution in [2.45, 2.75) is 19.1 Å². The lowest BCUT2D eigenvalue weighted by Gasteiger charge is -2.17. The number of carbonyl (C=O) groups is 1. The molecule has 0 aliphatic heterocycles. The number of hydrogen-bond acceptors (Lipinski definition) is 5. The lowest BCUT2D eigenvalue weighted by molar-refractivity contribution is -0.159. The molecule has 0 amide bonds. The van der Waals surface area contributed by atoms with Crippen LogP contribution in [0.2, 0.25) is 0 Å². The van der Waals surface area contributed by atoms with Crippen molar-refractivity contribution in [1.29, 1.82) is 0 Å². The molecule has 4 N–H and O–H groups in total. The Kier molecular flexibility index (Phi) is 4.22. The van der Waals surface area contributed by atoms with E-state index in [-0.39, 0.29) is 6.61 Å². The molecule has 0 bridgehead atoms. The van der Waals surface area contributed by atoms with E-state index in [9.17, 15) is 15.0 Å². The fourth-order valence-corrected chi connectivity index (χ4v) is 2.01. The number of anilines is 1. The van der Waals surface area contributed by atoms with Crippen LogP contribution in [0.1, 0.15) is 18.6 Å². The van der Waals surface area contributed by atoms with Gasteiger partial charge in [0, 0.05) is 5.69 Å². The van der Waals surface area contributed by atoms with Gasteiger partial charge in [0.2, 0.25) is 0 Å². The first kappa shape index (κ1) is 14.3. The summed E-state index contributed by atoms with van der Waals surface area (Å²) in [7, 11) is 0. The van der Waals surface area contributed by atoms with Gasteiger partial charge in [0.05, 0.1) is 6.61 Å². The zero-order chi connectivity index (χ0) is 14.7. The third kappa shape index (κ3) is 2.89. The van der Waals surface area contributed by atoms with Crippen molar-refractivity contribution in [3.63, 3.8) is 0 Å². The van der Waals surface area contributed by atoms with Crippen molar-refractivity contribution < 1.29 is 19.7 Å². The normalized spacial score (nSPS) is 13.9. The first-order chi connectivity index (χ1) is 9.52. The van der Waals surface area contributed by atoms with Gasteiger partial charge in [-0.25, -0.2) is 4.79 Å². The smallest absolute Gasteiger partial charge is 0.338 e. The number of esters is 1. The first-order valence-corrected chi connectivity index (χ1v) is 6.35. The average Bonchev–Trinajstić information content (AvgIpc) is 2.45. The fraction of sp³-hybridized carbons (Fsp3) is 0.267. The lowest BCUT2D eigenvalue weighted by Crippen LogP contribution is -2.29. The minimum absolute atomic E-state index is 0.152. The van der Waals surface area contributed by atoms with Crippen LogP contribution in [-0.4, -0.2) is 28.9 Å². The molecule has 5 heteroatoms. The third-order valence-electron chi connectivity index (χ3n) is 3.06. The Balaban J connectivity index is 2.28. The average molecular weight is 275 g/mol. The van der Waals surface area contributed by atoms with Crippen molar-refractivity contribution in [3.8, 4) is 0 Å². The predicted molar refractivity (Wildman–Crippen MR) is 76.0 cm³/mol. The highest BCUT2D eigenvalue weighted by Crippen LogP contribution is 2.24. The van der Waals surface area contributed by atoms with Gasteiger partial charge in [-0.2, -0.15) is 0 Å². The third-order valence-corrected chi connectivity index (χ3v) is 3.06. The number of carbonyl (C=O) groups excluding carboxylic acids is 1. The first-order valence-electron chi connectivity index (χ1n) is 6.35. The van der Waals surface area contributed by atoms with Crippen molar-refractivity contribution >= 4 is 22.4 Å². The van der Waals surface area contributed by atoms with Crippen LogP contribution in [0.3, 0.4) is 0 Å². The van der Waals surface area contributed by atoms with Crippen molar-refractivity contribution in [2.24, 2.45) is 0 Å². The Morgan fingerprint density at radius 3 is 2.55 bits per heavy atom. The molecule has 2 rings (SSSR count). The number of nitrogen functional groups attached to an aromatic ring is 1. The molecule has 20 heavy (non-hydrogen) atoms. The van der Waals surface area contributed by atoms with Crippen LogP contribution in [0.25, 0.3) is 10.8 Å². The number of benzene rings is 2. The molecule has 0 saturated heterocycles. The Labute approximate surface area is 116 Å². The molecule has 0 spiro atoms. The summed E-state index contributed by atoms with van der Waals surface area (Å²) in [5.41, 5.74) is 6.79. The Morgan fingerprint density at radius 1 is 1.20 bits per heavy atom. The highest BCUT2D eigenvalue weighted by Gasteiger charge is 2.26. The summed E-state index contributed by atoms with van der Waals surface area (Å²) in [5, 5.41) is 21.6. The van der Waals surface area contributed by atoms with Crippen LogP contribution in [0.5, 0.6) is 0 Å². The summed E-state index contributed by atoms with van der Waals surface area (Å²) >= 11 is 0. The summed E-state index contributed by atoms with van der Waals surface area (Å²) in [6.07, 6.45) is -2.92. The maximum atomic E-state index is 11.4. The fourth-order valence-electron chi connectivity index (χ4n) is 2.01. The van der Waals surface area contributed by atoms with E-state index < -0.39 is 18.2 Å². The molecule has 0 saturated carbocycles. The van der Waals surface area contributed by atoms with Gasteiger partial charge in [0.15, 0.2) is 6.10 Å². The van der Waals surface area contributed by atoms with E-state index in [0.717, 1.165) is 10.8 Å². The number of hydrogen-bond donors (Lipinski definition) is 3. The second kappa shape index (κ2) is 5.90. The molecule has 106 valence electrons. The van der Waals surface area contributed by atoms with Crippen LogP contribution < -0.4 is 5.73 Å². The van der Waals surface area contributed by atoms with Gasteiger partial charge in [0.25, 0.3) is 0 Å². The van der Waals surface area contributed by atoms with E-state index in [1.807, 2.05) is 12.1 Å². The van der Waals surface area contributed by atoms with Crippen LogP contribution in [-0.2, 0) is 9.53 Å². The topological polar surface area (TPSA) is 92.8 Å². The van der Waals surface area contributed by atoms with Crippen molar-refractivity contribution in [3.05, 3.63) is 42.0 Å². The predicted octanol–water partition coefficient (Wildman–Crippen LogP) is 1.38. The van der Waals surface area contributed by atoms with Crippen LogP contribution in [0.15, 0.2) is 36.4 Å². The largest absolute Gasteiger partial charge is 0.464 e. The minimum Gasteiger partial charge on any atom is -0.464 e. The summed E-state index contributed by atoms with van der Waals surface area (Å²) in [4.78, 5) is 11.4. The molecule has 0 aliphatic rings. The van der Waals surface area contributed by atoms with Gasteiger partial charge >= 0.3 is 5.97 Å². The molecule has 0 aromatic heterocycles. The van der Waals surface area contributed by atoms with E-state index in [4.69, 9.17) is 5.73 Å². The molecule has 2 aromatic rings. The van der Waals surface area contributed by atoms with E-state index in [0.29, 0.717) is 11.3 Å². The highest BCUT2D eigenvalue weighted by atomic mass is 16.5. The maximum Gasteiger partial charge on any atom is 0.338 e. The molecule has 2 aromatic carbocycles. The Hall–Kier alpha value is -2.11. The monoisotopic (exact) mass is 275 g/mol. The molecule has 2 unspecified atom stereocenters. The van der Waals surface area contributed by atoms with E-state index >= 15 is 0 Å². The summed E-state index contributed by atoms with van der Waals surface area (Å²) in [6.45, 7) is 1.79. The second-order valence-corrected chi connectivity index (χ2v) is 4.51. The standard InChI is InChI=1S/C15H17NO4/c1-2-20-15(19)14(18)13(17)11-4-3-10-8-12(16)6-5-9(10)7-11/h3-8,13-14,17-18H,2,16H2,1H3. The Morgan fingerprint density at radius 2 is 1.85 bits per heavy atom. The summed E-state index contributed by atoms with van der Waals surface area (Å²) in [6, 6.07) is 10.5. The number of fused-ring (bicyclic) bond motifs is 1. The van der Waals surface area contributed by atoms with Crippen LogP contribution in [0, 0.1) is 0 Å². The molecule has 0 heterocycles. The maximum absolute atomic E-state index is 11.4. The molecule has 0 aliphatic carbocycles. The van der Waals surface area contributed by atoms with E-state index in [1.54, 1.807) is 31.2 Å². The van der Waals surface area contributed by atoms with E-state index in [1.165, 1.54) is 0 Å². The van der Waals surface area contributed by atoms with Crippen LogP contribution in [0.4, 0.5) is 5.69 Å². The lowest BCUT2D eigenvalue weighted by atomic mass is 10.00. The minimum atomic E-state index is -1.60. The number of ether oxygens (including phenoxy) is 1. The van der Waals surface area contributed by atoms with Gasteiger partial charge in [0.1, 0.15) is 6.10 Å². The van der Waals surface area contributed by atoms with Gasteiger partial charge in [-0.1, -0.05) is 18.2 Å². The number of rotatable bonds is 4. The molecule has 2 atom stereocenters. The quantitative estimate of drug-likeness (QED) is 0.579. The van der Waals surface area contributed by atoms with Gasteiger partial charge in [-0.15, -0.1) is 0 Å². The second-order valence-electron chi connectivity index (χ2n) is 4.51. The van der Waals surface area contributed by atoms with E-state index in [2.05, 4.69) is 4.74 Å². The highest BCUT2D eigenvalue weighted by molar-refractivity contribution is 5.86. The zero-order valence-electron chi connectivity index (χ0n) is 11.1. The number of aliphatic hydroxyl groups is 2. The molecule has 0 radical (unpaired) electrons. The number of aliphatic hydroxyl groups excluding tert-OH is 2. The van der Waals surface area contributed by atoms with Gasteiger partial charge in [-0.3, -0.25) is 0 Å². The SMILES string of the molecule is CCOC(=O)C(O)C(O)c1ccc2cc(N)ccc2c1. The van der Waals surface area contributed by atoms with Gasteiger partial charge < -0.3 is 20.7 Å². The Bertz CT molecular complexity index is 626. The summed E-state index contributed by atoms with van der Waals surface area (Å²) < 4.78 is 4.68. The van der Waals surface area contributed by atoms with Crippen LogP contribution >= 0.6 is 0 Å². The van der Waals surface area contributed by atoms with Crippen molar-refractivity contribution in [2.75, 3.05) is 12.3 Å². The zero-order valence-corrected chi connectivity index (χ0v) is 11.1. The number of nitrogens with two attached hydrogens (primary N) is 1. The molecule has 5 nitrogen and oxygen atoms in total.